The van der Waals surface area contributed by atoms with Gasteiger partial charge in [-0.15, -0.1) is 11.3 Å². The number of rotatable bonds is 7. The highest BCUT2D eigenvalue weighted by Crippen LogP contribution is 2.29. The Hall–Kier alpha value is -4.12. The molecule has 0 bridgehead atoms. The maximum atomic E-state index is 14.0. The standard InChI is InChI=1S/C28H29F2N7OS/c29-22-9-8-20(15-23(22)30)25-26(37-13-14-39-28(37)35-25)24(10-11-31)34-18-33-21-7-4-12-36(17-21)27(38)32-16-19-5-2-1-3-6-19/h2,5-6,8-11,13-15,18,21H,1,3-4,7,12,16-17,31H2,(H,32,38)/t21-/m1/s1. The molecule has 1 aliphatic heterocycles. The molecular formula is C28H29F2N7OS. The van der Waals surface area contributed by atoms with Crippen LogP contribution in [0.5, 0.6) is 0 Å². The third-order valence-corrected chi connectivity index (χ3v) is 7.38. The Morgan fingerprint density at radius 3 is 2.97 bits per heavy atom. The zero-order valence-corrected chi connectivity index (χ0v) is 22.1. The van der Waals surface area contributed by atoms with E-state index in [1.54, 1.807) is 11.0 Å². The Bertz CT molecular complexity index is 1500. The number of halogens is 2. The lowest BCUT2D eigenvalue weighted by Crippen LogP contribution is -2.47. The number of thiazole rings is 1. The van der Waals surface area contributed by atoms with Gasteiger partial charge in [0.25, 0.3) is 0 Å². The van der Waals surface area contributed by atoms with Gasteiger partial charge < -0.3 is 16.0 Å². The van der Waals surface area contributed by atoms with E-state index in [0.717, 1.165) is 43.4 Å². The number of nitrogens with two attached hydrogens (primary N) is 1. The predicted molar refractivity (Wildman–Crippen MR) is 151 cm³/mol. The maximum Gasteiger partial charge on any atom is 0.317 e. The van der Waals surface area contributed by atoms with Gasteiger partial charge in [-0.1, -0.05) is 18.2 Å². The Kier molecular flexibility index (Phi) is 8.26. The number of nitrogens with one attached hydrogen (secondary N) is 1. The molecule has 2 aromatic heterocycles. The van der Waals surface area contributed by atoms with Crippen molar-refractivity contribution in [3.8, 4) is 11.3 Å². The van der Waals surface area contributed by atoms with E-state index in [9.17, 15) is 13.6 Å². The summed E-state index contributed by atoms with van der Waals surface area (Å²) in [6, 6.07) is 3.48. The summed E-state index contributed by atoms with van der Waals surface area (Å²) in [6.45, 7) is 1.69. The number of aromatic nitrogens is 2. The molecule has 1 aliphatic carbocycles. The number of hydrogen-bond donors (Lipinski definition) is 2. The second kappa shape index (κ2) is 12.2. The van der Waals surface area contributed by atoms with Gasteiger partial charge in [0.2, 0.25) is 0 Å². The lowest BCUT2D eigenvalue weighted by atomic mass is 10.1. The molecule has 202 valence electrons. The number of carbonyl (C=O) groups is 1. The second-order valence-electron chi connectivity index (χ2n) is 9.29. The van der Waals surface area contributed by atoms with E-state index in [1.807, 2.05) is 16.0 Å². The van der Waals surface area contributed by atoms with E-state index in [4.69, 9.17) is 5.73 Å². The van der Waals surface area contributed by atoms with Gasteiger partial charge in [-0.3, -0.25) is 9.39 Å². The summed E-state index contributed by atoms with van der Waals surface area (Å²) in [6.07, 6.45) is 16.3. The van der Waals surface area contributed by atoms with Crippen molar-refractivity contribution in [2.24, 2.45) is 15.7 Å². The number of nitrogens with zero attached hydrogens (tertiary/aromatic N) is 5. The van der Waals surface area contributed by atoms with E-state index in [1.165, 1.54) is 29.9 Å². The number of carbonyl (C=O) groups excluding carboxylic acids is 1. The quantitative estimate of drug-likeness (QED) is 0.318. The van der Waals surface area contributed by atoms with Gasteiger partial charge in [0.05, 0.1) is 17.4 Å². The fraction of sp³-hybridized carbons (Fsp3) is 0.286. The fourth-order valence-electron chi connectivity index (χ4n) is 4.69. The first-order valence-electron chi connectivity index (χ1n) is 12.8. The number of aliphatic imine (C=N–C) groups is 2. The molecule has 1 fully saturated rings. The molecular weight excluding hydrogens is 520 g/mol. The SMILES string of the molecule is NC=CC(=NC=N[C@@H]1CCCN(C(=O)NCC2=CCCC=C2)C1)c1c(-c2ccc(F)c(F)c2)nc2sccn12. The van der Waals surface area contributed by atoms with Gasteiger partial charge >= 0.3 is 6.03 Å². The largest absolute Gasteiger partial charge is 0.405 e. The van der Waals surface area contributed by atoms with Gasteiger partial charge in [0, 0.05) is 36.8 Å². The van der Waals surface area contributed by atoms with Gasteiger partial charge in [-0.05, 0) is 61.7 Å². The molecule has 39 heavy (non-hydrogen) atoms. The molecule has 2 aliphatic rings. The molecule has 1 saturated heterocycles. The van der Waals surface area contributed by atoms with Crippen LogP contribution < -0.4 is 11.1 Å². The van der Waals surface area contributed by atoms with E-state index in [2.05, 4.69) is 38.5 Å². The topological polar surface area (TPSA) is 100 Å². The molecule has 0 radical (unpaired) electrons. The predicted octanol–water partition coefficient (Wildman–Crippen LogP) is 5.08. The molecule has 11 heteroatoms. The number of urea groups is 1. The first kappa shape index (κ1) is 26.5. The minimum absolute atomic E-state index is 0.0950. The first-order chi connectivity index (χ1) is 19.0. The number of allylic oxidation sites excluding steroid dienone is 3. The zero-order valence-electron chi connectivity index (χ0n) is 21.3. The number of hydrogen-bond acceptors (Lipinski definition) is 5. The fourth-order valence-corrected chi connectivity index (χ4v) is 5.40. The van der Waals surface area contributed by atoms with E-state index < -0.39 is 11.6 Å². The van der Waals surface area contributed by atoms with Crippen molar-refractivity contribution in [3.05, 3.63) is 83.2 Å². The summed E-state index contributed by atoms with van der Waals surface area (Å²) < 4.78 is 29.5. The van der Waals surface area contributed by atoms with Crippen molar-refractivity contribution in [2.75, 3.05) is 19.6 Å². The van der Waals surface area contributed by atoms with Crippen LogP contribution in [0.1, 0.15) is 31.4 Å². The van der Waals surface area contributed by atoms with Crippen LogP contribution >= 0.6 is 11.3 Å². The summed E-state index contributed by atoms with van der Waals surface area (Å²) in [4.78, 5) is 29.0. The van der Waals surface area contributed by atoms with E-state index in [0.29, 0.717) is 47.3 Å². The number of amides is 2. The molecule has 0 spiro atoms. The number of piperidine rings is 1. The van der Waals surface area contributed by atoms with Gasteiger partial charge in [-0.25, -0.2) is 23.6 Å². The number of likely N-dealkylation sites (tertiary alicyclic amines) is 1. The highest BCUT2D eigenvalue weighted by Gasteiger charge is 2.23. The van der Waals surface area contributed by atoms with Crippen LogP contribution in [0.2, 0.25) is 0 Å². The Labute approximate surface area is 229 Å². The third kappa shape index (κ3) is 6.14. The van der Waals surface area contributed by atoms with Gasteiger partial charge in [0.1, 0.15) is 12.0 Å². The Morgan fingerprint density at radius 2 is 2.18 bits per heavy atom. The molecule has 3 heterocycles. The summed E-state index contributed by atoms with van der Waals surface area (Å²) in [7, 11) is 0. The Balaban J connectivity index is 1.34. The molecule has 3 aromatic rings. The molecule has 0 unspecified atom stereocenters. The first-order valence-corrected chi connectivity index (χ1v) is 13.7. The minimum atomic E-state index is -0.956. The average molecular weight is 550 g/mol. The Morgan fingerprint density at radius 1 is 1.28 bits per heavy atom. The molecule has 3 N–H and O–H groups in total. The maximum absolute atomic E-state index is 14.0. The van der Waals surface area contributed by atoms with Crippen molar-refractivity contribution in [1.29, 1.82) is 0 Å². The third-order valence-electron chi connectivity index (χ3n) is 6.63. The monoisotopic (exact) mass is 549 g/mol. The molecule has 2 amide bonds. The van der Waals surface area contributed by atoms with Crippen molar-refractivity contribution >= 4 is 34.4 Å². The lowest BCUT2D eigenvalue weighted by Gasteiger charge is -2.30. The van der Waals surface area contributed by atoms with Crippen LogP contribution in [0.3, 0.4) is 0 Å². The summed E-state index contributed by atoms with van der Waals surface area (Å²) in [5.74, 6) is -1.88. The molecule has 8 nitrogen and oxygen atoms in total. The van der Waals surface area contributed by atoms with Gasteiger partial charge in [-0.2, -0.15) is 0 Å². The molecule has 1 aromatic carbocycles. The van der Waals surface area contributed by atoms with Crippen LogP contribution in [-0.4, -0.2) is 58.0 Å². The summed E-state index contributed by atoms with van der Waals surface area (Å²) in [5, 5.41) is 4.88. The summed E-state index contributed by atoms with van der Waals surface area (Å²) in [5.41, 5.74) is 8.78. The molecule has 5 rings (SSSR count). The van der Waals surface area contributed by atoms with Crippen molar-refractivity contribution in [3.63, 3.8) is 0 Å². The van der Waals surface area contributed by atoms with E-state index >= 15 is 0 Å². The number of fused-ring (bicyclic) bond motifs is 1. The summed E-state index contributed by atoms with van der Waals surface area (Å²) >= 11 is 1.41. The highest BCUT2D eigenvalue weighted by molar-refractivity contribution is 7.15. The average Bonchev–Trinajstić information content (AvgIpc) is 3.55. The minimum Gasteiger partial charge on any atom is -0.405 e. The normalized spacial score (nSPS) is 18.4. The second-order valence-corrected chi connectivity index (χ2v) is 10.2. The van der Waals surface area contributed by atoms with Crippen molar-refractivity contribution in [1.82, 2.24) is 19.6 Å². The number of benzene rings is 1. The van der Waals surface area contributed by atoms with Crippen LogP contribution in [-0.2, 0) is 0 Å². The highest BCUT2D eigenvalue weighted by atomic mass is 32.1. The van der Waals surface area contributed by atoms with Crippen LogP contribution in [0.4, 0.5) is 13.6 Å². The van der Waals surface area contributed by atoms with Crippen LogP contribution in [0.25, 0.3) is 16.2 Å². The van der Waals surface area contributed by atoms with Crippen LogP contribution in [0.15, 0.2) is 75.8 Å². The molecule has 1 atom stereocenters. The zero-order chi connectivity index (χ0) is 27.2. The number of imidazole rings is 1. The van der Waals surface area contributed by atoms with Crippen LogP contribution in [0, 0.1) is 11.6 Å². The van der Waals surface area contributed by atoms with Crippen molar-refractivity contribution in [2.45, 2.75) is 31.7 Å². The smallest absolute Gasteiger partial charge is 0.317 e. The van der Waals surface area contributed by atoms with E-state index in [-0.39, 0.29) is 12.1 Å². The lowest BCUT2D eigenvalue weighted by molar-refractivity contribution is 0.181. The van der Waals surface area contributed by atoms with Gasteiger partial charge in [0.15, 0.2) is 16.6 Å². The van der Waals surface area contributed by atoms with Crippen molar-refractivity contribution < 1.29 is 13.6 Å². The molecule has 0 saturated carbocycles.